The lowest BCUT2D eigenvalue weighted by Crippen LogP contribution is -2.30. The number of anilines is 1. The Labute approximate surface area is 147 Å². The molecule has 0 radical (unpaired) electrons. The van der Waals surface area contributed by atoms with Crippen LogP contribution in [0.4, 0.5) is 5.69 Å². The van der Waals surface area contributed by atoms with Crippen molar-refractivity contribution >= 4 is 22.4 Å². The zero-order valence-corrected chi connectivity index (χ0v) is 14.6. The number of carbonyl (C=O) groups excluding carboxylic acids is 1. The number of nitrogens with one attached hydrogen (secondary N) is 1. The van der Waals surface area contributed by atoms with Crippen LogP contribution in [-0.2, 0) is 4.79 Å². The molecule has 1 atom stereocenters. The first-order valence-corrected chi connectivity index (χ1v) is 8.17. The Morgan fingerprint density at radius 1 is 0.960 bits per heavy atom. The topological polar surface area (TPSA) is 47.6 Å². The maximum Gasteiger partial charge on any atom is 0.265 e. The van der Waals surface area contributed by atoms with Crippen LogP contribution in [0.3, 0.4) is 0 Å². The van der Waals surface area contributed by atoms with Crippen LogP contribution in [0.2, 0.25) is 0 Å². The molecule has 0 saturated heterocycles. The SMILES string of the molecule is COc1ccc2ccc(O[C@@H](C)C(=O)Nc3cccc(C)c3)cc2c1. The first-order valence-electron chi connectivity index (χ1n) is 8.17. The van der Waals surface area contributed by atoms with Crippen molar-refractivity contribution in [3.8, 4) is 11.5 Å². The Bertz CT molecular complexity index is 905. The third-order valence-corrected chi connectivity index (χ3v) is 3.99. The van der Waals surface area contributed by atoms with Crippen molar-refractivity contribution < 1.29 is 14.3 Å². The first kappa shape index (κ1) is 16.8. The smallest absolute Gasteiger partial charge is 0.265 e. The van der Waals surface area contributed by atoms with Crippen molar-refractivity contribution in [1.82, 2.24) is 0 Å². The number of methoxy groups -OCH3 is 1. The van der Waals surface area contributed by atoms with Gasteiger partial charge in [0.05, 0.1) is 7.11 Å². The molecule has 3 aromatic carbocycles. The molecule has 25 heavy (non-hydrogen) atoms. The predicted octanol–water partition coefficient (Wildman–Crippen LogP) is 4.56. The summed E-state index contributed by atoms with van der Waals surface area (Å²) in [5.41, 5.74) is 1.86. The van der Waals surface area contributed by atoms with Crippen LogP contribution in [0.25, 0.3) is 10.8 Å². The van der Waals surface area contributed by atoms with Gasteiger partial charge in [0.25, 0.3) is 5.91 Å². The Hall–Kier alpha value is -3.01. The van der Waals surface area contributed by atoms with E-state index in [0.717, 1.165) is 27.8 Å². The van der Waals surface area contributed by atoms with E-state index in [1.807, 2.05) is 67.6 Å². The van der Waals surface area contributed by atoms with Gasteiger partial charge in [-0.25, -0.2) is 0 Å². The minimum Gasteiger partial charge on any atom is -0.497 e. The minimum atomic E-state index is -0.608. The molecule has 1 N–H and O–H groups in total. The highest BCUT2D eigenvalue weighted by Gasteiger charge is 2.15. The van der Waals surface area contributed by atoms with Crippen LogP contribution >= 0.6 is 0 Å². The molecule has 0 unspecified atom stereocenters. The third kappa shape index (κ3) is 4.10. The highest BCUT2D eigenvalue weighted by Crippen LogP contribution is 2.25. The number of fused-ring (bicyclic) bond motifs is 1. The minimum absolute atomic E-state index is 0.184. The van der Waals surface area contributed by atoms with Crippen LogP contribution in [0, 0.1) is 6.92 Å². The van der Waals surface area contributed by atoms with Gasteiger partial charge in [-0.1, -0.05) is 24.3 Å². The van der Waals surface area contributed by atoms with Gasteiger partial charge >= 0.3 is 0 Å². The molecule has 0 saturated carbocycles. The normalized spacial score (nSPS) is 11.8. The van der Waals surface area contributed by atoms with E-state index in [4.69, 9.17) is 9.47 Å². The van der Waals surface area contributed by atoms with Crippen molar-refractivity contribution in [1.29, 1.82) is 0 Å². The van der Waals surface area contributed by atoms with Gasteiger partial charge in [-0.15, -0.1) is 0 Å². The summed E-state index contributed by atoms with van der Waals surface area (Å²) in [5, 5.41) is 4.97. The number of carbonyl (C=O) groups is 1. The van der Waals surface area contributed by atoms with Gasteiger partial charge in [-0.05, 0) is 66.6 Å². The molecular formula is C21H21NO3. The van der Waals surface area contributed by atoms with Crippen molar-refractivity contribution in [3.05, 3.63) is 66.2 Å². The summed E-state index contributed by atoms with van der Waals surface area (Å²) in [7, 11) is 1.64. The van der Waals surface area contributed by atoms with Crippen LogP contribution in [0.15, 0.2) is 60.7 Å². The monoisotopic (exact) mass is 335 g/mol. The summed E-state index contributed by atoms with van der Waals surface area (Å²) in [6.45, 7) is 3.72. The summed E-state index contributed by atoms with van der Waals surface area (Å²) in [6, 6.07) is 19.3. The van der Waals surface area contributed by atoms with E-state index in [9.17, 15) is 4.79 Å². The van der Waals surface area contributed by atoms with E-state index < -0.39 is 6.10 Å². The Morgan fingerprint density at radius 2 is 1.68 bits per heavy atom. The van der Waals surface area contributed by atoms with Gasteiger partial charge in [-0.3, -0.25) is 4.79 Å². The van der Waals surface area contributed by atoms with E-state index in [2.05, 4.69) is 5.32 Å². The molecule has 0 spiro atoms. The third-order valence-electron chi connectivity index (χ3n) is 3.99. The van der Waals surface area contributed by atoms with Crippen molar-refractivity contribution in [2.45, 2.75) is 20.0 Å². The fourth-order valence-corrected chi connectivity index (χ4v) is 2.63. The van der Waals surface area contributed by atoms with Crippen LogP contribution in [0.5, 0.6) is 11.5 Å². The molecule has 0 aromatic heterocycles. The van der Waals surface area contributed by atoms with E-state index in [-0.39, 0.29) is 5.91 Å². The second-order valence-electron chi connectivity index (χ2n) is 5.99. The lowest BCUT2D eigenvalue weighted by molar-refractivity contribution is -0.122. The lowest BCUT2D eigenvalue weighted by atomic mass is 10.1. The summed E-state index contributed by atoms with van der Waals surface area (Å²) < 4.78 is 11.1. The van der Waals surface area contributed by atoms with Crippen molar-refractivity contribution in [2.75, 3.05) is 12.4 Å². The average molecular weight is 335 g/mol. The maximum absolute atomic E-state index is 12.3. The number of rotatable bonds is 5. The standard InChI is InChI=1S/C21H21NO3/c1-14-5-4-6-18(11-14)22-21(23)15(2)25-20-10-8-16-7-9-19(24-3)12-17(16)13-20/h4-13,15H,1-3H3,(H,22,23)/t15-/m0/s1. The van der Waals surface area contributed by atoms with Crippen molar-refractivity contribution in [2.24, 2.45) is 0 Å². The highest BCUT2D eigenvalue weighted by molar-refractivity contribution is 5.94. The second-order valence-corrected chi connectivity index (χ2v) is 5.99. The molecular weight excluding hydrogens is 314 g/mol. The molecule has 0 fully saturated rings. The largest absolute Gasteiger partial charge is 0.497 e. The molecule has 3 aromatic rings. The van der Waals surface area contributed by atoms with Crippen LogP contribution < -0.4 is 14.8 Å². The number of hydrogen-bond acceptors (Lipinski definition) is 3. The average Bonchev–Trinajstić information content (AvgIpc) is 2.61. The quantitative estimate of drug-likeness (QED) is 0.743. The summed E-state index contributed by atoms with van der Waals surface area (Å²) in [4.78, 5) is 12.3. The number of ether oxygens (including phenoxy) is 2. The number of amides is 1. The van der Waals surface area contributed by atoms with Gasteiger partial charge in [0.1, 0.15) is 11.5 Å². The zero-order valence-electron chi connectivity index (χ0n) is 14.6. The second kappa shape index (κ2) is 7.26. The fraction of sp³-hybridized carbons (Fsp3) is 0.190. The molecule has 0 aliphatic carbocycles. The molecule has 4 nitrogen and oxygen atoms in total. The van der Waals surface area contributed by atoms with E-state index >= 15 is 0 Å². The Balaban J connectivity index is 1.72. The van der Waals surface area contributed by atoms with Gasteiger partial charge in [0.2, 0.25) is 0 Å². The van der Waals surface area contributed by atoms with Gasteiger partial charge < -0.3 is 14.8 Å². The fourth-order valence-electron chi connectivity index (χ4n) is 2.63. The molecule has 128 valence electrons. The van der Waals surface area contributed by atoms with Crippen LogP contribution in [-0.4, -0.2) is 19.1 Å². The van der Waals surface area contributed by atoms with E-state index in [1.165, 1.54) is 0 Å². The van der Waals surface area contributed by atoms with E-state index in [1.54, 1.807) is 14.0 Å². The highest BCUT2D eigenvalue weighted by atomic mass is 16.5. The first-order chi connectivity index (χ1) is 12.0. The van der Waals surface area contributed by atoms with E-state index in [0.29, 0.717) is 5.75 Å². The Kier molecular flexibility index (Phi) is 4.89. The Morgan fingerprint density at radius 3 is 2.40 bits per heavy atom. The van der Waals surface area contributed by atoms with Gasteiger partial charge in [-0.2, -0.15) is 0 Å². The molecule has 0 aliphatic heterocycles. The molecule has 0 aliphatic rings. The lowest BCUT2D eigenvalue weighted by Gasteiger charge is -2.15. The molecule has 0 heterocycles. The number of benzene rings is 3. The molecule has 4 heteroatoms. The predicted molar refractivity (Wildman–Crippen MR) is 100 cm³/mol. The summed E-state index contributed by atoms with van der Waals surface area (Å²) in [5.74, 6) is 1.25. The molecule has 3 rings (SSSR count). The maximum atomic E-state index is 12.3. The zero-order chi connectivity index (χ0) is 17.8. The van der Waals surface area contributed by atoms with Crippen molar-refractivity contribution in [3.63, 3.8) is 0 Å². The number of aryl methyl sites for hydroxylation is 1. The number of hydrogen-bond donors (Lipinski definition) is 1. The molecule has 1 amide bonds. The molecule has 0 bridgehead atoms. The summed E-state index contributed by atoms with van der Waals surface area (Å²) >= 11 is 0. The van der Waals surface area contributed by atoms with Gasteiger partial charge in [0, 0.05) is 5.69 Å². The van der Waals surface area contributed by atoms with Gasteiger partial charge in [0.15, 0.2) is 6.10 Å². The summed E-state index contributed by atoms with van der Waals surface area (Å²) in [6.07, 6.45) is -0.608. The van der Waals surface area contributed by atoms with Crippen LogP contribution in [0.1, 0.15) is 12.5 Å².